The monoisotopic (exact) mass is 302 g/mol. The molecule has 1 aromatic rings. The maximum absolute atomic E-state index is 12.5. The summed E-state index contributed by atoms with van der Waals surface area (Å²) in [5, 5.41) is 3.00. The molecule has 1 saturated heterocycles. The van der Waals surface area contributed by atoms with Gasteiger partial charge in [0.05, 0.1) is 5.92 Å². The molecule has 1 aliphatic heterocycles. The van der Waals surface area contributed by atoms with Crippen molar-refractivity contribution in [1.29, 1.82) is 0 Å². The van der Waals surface area contributed by atoms with Crippen LogP contribution in [0, 0.1) is 18.3 Å². The third-order valence-electron chi connectivity index (χ3n) is 4.12. The second-order valence-corrected chi connectivity index (χ2v) is 7.14. The summed E-state index contributed by atoms with van der Waals surface area (Å²) in [5.74, 6) is 0.0151. The zero-order valence-electron chi connectivity index (χ0n) is 14.0. The number of anilines is 1. The van der Waals surface area contributed by atoms with Crippen LogP contribution in [0.2, 0.25) is 0 Å². The number of nitrogens with one attached hydrogen (secondary N) is 1. The van der Waals surface area contributed by atoms with Gasteiger partial charge in [0, 0.05) is 24.2 Å². The molecule has 4 heteroatoms. The number of carbonyl (C=O) groups excluding carboxylic acids is 2. The van der Waals surface area contributed by atoms with Crippen molar-refractivity contribution in [2.45, 2.75) is 40.5 Å². The van der Waals surface area contributed by atoms with Crippen LogP contribution in [0.5, 0.6) is 0 Å². The van der Waals surface area contributed by atoms with Crippen LogP contribution in [0.3, 0.4) is 0 Å². The van der Waals surface area contributed by atoms with Crippen molar-refractivity contribution in [3.8, 4) is 0 Å². The van der Waals surface area contributed by atoms with Crippen LogP contribution in [0.15, 0.2) is 24.3 Å². The van der Waals surface area contributed by atoms with Gasteiger partial charge in [0.1, 0.15) is 0 Å². The molecule has 0 spiro atoms. The number of nitrogens with zero attached hydrogens (tertiary/aromatic N) is 1. The molecule has 22 heavy (non-hydrogen) atoms. The molecule has 2 amide bonds. The summed E-state index contributed by atoms with van der Waals surface area (Å²) in [5.41, 5.74) is 1.51. The zero-order chi connectivity index (χ0) is 16.3. The van der Waals surface area contributed by atoms with Gasteiger partial charge in [0.25, 0.3) is 0 Å². The van der Waals surface area contributed by atoms with Crippen LogP contribution in [-0.2, 0) is 9.59 Å². The number of rotatable bonds is 2. The third kappa shape index (κ3) is 3.87. The Kier molecular flexibility index (Phi) is 4.89. The lowest BCUT2D eigenvalue weighted by Crippen LogP contribution is -2.47. The lowest BCUT2D eigenvalue weighted by molar-refractivity contribution is -0.142. The Morgan fingerprint density at radius 2 is 1.91 bits per heavy atom. The molecule has 1 unspecified atom stereocenters. The highest BCUT2D eigenvalue weighted by Gasteiger charge is 2.33. The highest BCUT2D eigenvalue weighted by molar-refractivity contribution is 5.94. The van der Waals surface area contributed by atoms with E-state index in [4.69, 9.17) is 0 Å². The van der Waals surface area contributed by atoms with Crippen LogP contribution in [0.1, 0.15) is 39.2 Å². The number of likely N-dealkylation sites (tertiary alicyclic amines) is 1. The maximum Gasteiger partial charge on any atom is 0.229 e. The van der Waals surface area contributed by atoms with Crippen LogP contribution in [-0.4, -0.2) is 29.8 Å². The molecule has 0 aromatic heterocycles. The van der Waals surface area contributed by atoms with Crippen molar-refractivity contribution in [2.24, 2.45) is 11.3 Å². The van der Waals surface area contributed by atoms with Crippen molar-refractivity contribution >= 4 is 17.5 Å². The number of benzene rings is 1. The standard InChI is InChI=1S/C18H26N2O2/c1-13-8-5-6-10-15(13)19-16(21)14-9-7-11-20(12-14)17(22)18(2,3)4/h5-6,8,10,14H,7,9,11-12H2,1-4H3,(H,19,21). The molecule has 1 heterocycles. The first-order valence-electron chi connectivity index (χ1n) is 7.95. The van der Waals surface area contributed by atoms with E-state index in [9.17, 15) is 9.59 Å². The molecular formula is C18H26N2O2. The minimum Gasteiger partial charge on any atom is -0.341 e. The first-order valence-corrected chi connectivity index (χ1v) is 7.95. The quantitative estimate of drug-likeness (QED) is 0.912. The Hall–Kier alpha value is -1.84. The summed E-state index contributed by atoms with van der Waals surface area (Å²) < 4.78 is 0. The average Bonchev–Trinajstić information content (AvgIpc) is 2.48. The van der Waals surface area contributed by atoms with E-state index in [0.29, 0.717) is 6.54 Å². The van der Waals surface area contributed by atoms with E-state index in [1.54, 1.807) is 0 Å². The summed E-state index contributed by atoms with van der Waals surface area (Å²) >= 11 is 0. The third-order valence-corrected chi connectivity index (χ3v) is 4.12. The van der Waals surface area contributed by atoms with Crippen molar-refractivity contribution < 1.29 is 9.59 Å². The topological polar surface area (TPSA) is 49.4 Å². The summed E-state index contributed by atoms with van der Waals surface area (Å²) in [6, 6.07) is 7.76. The molecule has 0 saturated carbocycles. The molecule has 0 bridgehead atoms. The van der Waals surface area contributed by atoms with E-state index >= 15 is 0 Å². The fourth-order valence-corrected chi connectivity index (χ4v) is 2.80. The number of piperidine rings is 1. The summed E-state index contributed by atoms with van der Waals surface area (Å²) in [7, 11) is 0. The summed E-state index contributed by atoms with van der Waals surface area (Å²) in [4.78, 5) is 26.7. The molecule has 0 radical (unpaired) electrons. The Morgan fingerprint density at radius 3 is 2.55 bits per heavy atom. The molecule has 1 atom stereocenters. The van der Waals surface area contributed by atoms with E-state index < -0.39 is 5.41 Å². The van der Waals surface area contributed by atoms with E-state index in [0.717, 1.165) is 30.6 Å². The minimum atomic E-state index is -0.394. The number of amides is 2. The minimum absolute atomic E-state index is 0.0145. The first-order chi connectivity index (χ1) is 10.3. The van der Waals surface area contributed by atoms with Gasteiger partial charge < -0.3 is 10.2 Å². The van der Waals surface area contributed by atoms with Crippen molar-refractivity contribution in [2.75, 3.05) is 18.4 Å². The molecule has 1 fully saturated rings. The van der Waals surface area contributed by atoms with Crippen molar-refractivity contribution in [1.82, 2.24) is 4.90 Å². The Labute approximate surface area is 132 Å². The Bertz CT molecular complexity index is 560. The van der Waals surface area contributed by atoms with Crippen LogP contribution in [0.4, 0.5) is 5.69 Å². The van der Waals surface area contributed by atoms with Gasteiger partial charge in [0.2, 0.25) is 11.8 Å². The summed E-state index contributed by atoms with van der Waals surface area (Å²) in [6.45, 7) is 9.02. The van der Waals surface area contributed by atoms with Gasteiger partial charge in [-0.2, -0.15) is 0 Å². The lowest BCUT2D eigenvalue weighted by Gasteiger charge is -2.36. The highest BCUT2D eigenvalue weighted by Crippen LogP contribution is 2.24. The van der Waals surface area contributed by atoms with Gasteiger partial charge >= 0.3 is 0 Å². The maximum atomic E-state index is 12.5. The Balaban J connectivity index is 2.02. The van der Waals surface area contributed by atoms with Gasteiger partial charge in [-0.15, -0.1) is 0 Å². The predicted octanol–water partition coefficient (Wildman–Crippen LogP) is 3.22. The number of hydrogen-bond acceptors (Lipinski definition) is 2. The van der Waals surface area contributed by atoms with Crippen molar-refractivity contribution in [3.63, 3.8) is 0 Å². The fraction of sp³-hybridized carbons (Fsp3) is 0.556. The molecule has 1 aromatic carbocycles. The van der Waals surface area contributed by atoms with E-state index in [-0.39, 0.29) is 17.7 Å². The normalized spacial score (nSPS) is 18.9. The van der Waals surface area contributed by atoms with Crippen molar-refractivity contribution in [3.05, 3.63) is 29.8 Å². The molecular weight excluding hydrogens is 276 g/mol. The smallest absolute Gasteiger partial charge is 0.229 e. The molecule has 0 aliphatic carbocycles. The van der Waals surface area contributed by atoms with Gasteiger partial charge in [-0.25, -0.2) is 0 Å². The molecule has 120 valence electrons. The predicted molar refractivity (Wildman–Crippen MR) is 88.6 cm³/mol. The SMILES string of the molecule is Cc1ccccc1NC(=O)C1CCCN(C(=O)C(C)(C)C)C1. The molecule has 4 nitrogen and oxygen atoms in total. The van der Waals surface area contributed by atoms with Gasteiger partial charge in [-0.05, 0) is 31.4 Å². The number of para-hydroxylation sites is 1. The average molecular weight is 302 g/mol. The number of aryl methyl sites for hydroxylation is 1. The molecule has 1 N–H and O–H groups in total. The number of carbonyl (C=O) groups is 2. The van der Waals surface area contributed by atoms with Gasteiger partial charge in [-0.1, -0.05) is 39.0 Å². The Morgan fingerprint density at radius 1 is 1.23 bits per heavy atom. The van der Waals surface area contributed by atoms with E-state index in [1.165, 1.54) is 0 Å². The van der Waals surface area contributed by atoms with E-state index in [1.807, 2.05) is 56.9 Å². The van der Waals surface area contributed by atoms with Crippen LogP contribution in [0.25, 0.3) is 0 Å². The van der Waals surface area contributed by atoms with Crippen LogP contribution < -0.4 is 5.32 Å². The van der Waals surface area contributed by atoms with Gasteiger partial charge in [-0.3, -0.25) is 9.59 Å². The van der Waals surface area contributed by atoms with Gasteiger partial charge in [0.15, 0.2) is 0 Å². The second-order valence-electron chi connectivity index (χ2n) is 7.14. The highest BCUT2D eigenvalue weighted by atomic mass is 16.2. The zero-order valence-corrected chi connectivity index (χ0v) is 14.0. The largest absolute Gasteiger partial charge is 0.341 e. The van der Waals surface area contributed by atoms with Crippen LogP contribution >= 0.6 is 0 Å². The van der Waals surface area contributed by atoms with E-state index in [2.05, 4.69) is 5.32 Å². The molecule has 2 rings (SSSR count). The lowest BCUT2D eigenvalue weighted by atomic mass is 9.91. The molecule has 1 aliphatic rings. The second kappa shape index (κ2) is 6.51. The summed E-state index contributed by atoms with van der Waals surface area (Å²) in [6.07, 6.45) is 1.72. The fourth-order valence-electron chi connectivity index (χ4n) is 2.80. The first kappa shape index (κ1) is 16.5. The number of hydrogen-bond donors (Lipinski definition) is 1.